The first kappa shape index (κ1) is 31.8. The van der Waals surface area contributed by atoms with Crippen LogP contribution >= 0.6 is 0 Å². The van der Waals surface area contributed by atoms with Crippen LogP contribution < -0.4 is 0 Å². The summed E-state index contributed by atoms with van der Waals surface area (Å²) in [6.07, 6.45) is 0. The maximum atomic E-state index is 0. The summed E-state index contributed by atoms with van der Waals surface area (Å²) >= 11 is 0. The van der Waals surface area contributed by atoms with E-state index in [1.165, 1.54) is 0 Å². The average molecular weight is 224 g/mol. The Morgan fingerprint density at radius 1 is 1.00 bits per heavy atom. The molecule has 1 radical (unpaired) electrons. The summed E-state index contributed by atoms with van der Waals surface area (Å²) in [5.41, 5.74) is 0. The first-order valence-electron chi connectivity index (χ1n) is 0. The van der Waals surface area contributed by atoms with Crippen molar-refractivity contribution < 1.29 is 57.6 Å². The molecule has 0 aliphatic heterocycles. The van der Waals surface area contributed by atoms with Gasteiger partial charge in [0.2, 0.25) is 0 Å². The molecule has 0 aromatic carbocycles. The fourth-order valence-electron chi connectivity index (χ4n) is 0. The van der Waals surface area contributed by atoms with Crippen LogP contribution in [0.2, 0.25) is 0 Å². The van der Waals surface area contributed by atoms with Gasteiger partial charge in [0.05, 0.1) is 0 Å². The molecule has 0 aromatic heterocycles. The first-order valence-corrected chi connectivity index (χ1v) is 0. The maximum Gasteiger partial charge on any atom is 0 e. The van der Waals surface area contributed by atoms with Crippen molar-refractivity contribution in [2.24, 2.45) is 0 Å². The molecule has 0 aliphatic carbocycles. The van der Waals surface area contributed by atoms with Crippen LogP contribution in [0, 0.1) is 0 Å². The van der Waals surface area contributed by atoms with E-state index in [1.807, 2.05) is 0 Å². The molecule has 0 unspecified atom stereocenters. The largest absolute Gasteiger partial charge is 0 e. The second-order valence-corrected chi connectivity index (χ2v) is 0. The van der Waals surface area contributed by atoms with Gasteiger partial charge in [-0.05, 0) is 0 Å². The van der Waals surface area contributed by atoms with Crippen LogP contribution in [-0.2, 0) is 57.6 Å². The molecule has 0 rings (SSSR count). The van der Waals surface area contributed by atoms with E-state index in [1.54, 1.807) is 0 Å². The number of hydrogen-bond acceptors (Lipinski definition) is 0. The van der Waals surface area contributed by atoms with Crippen LogP contribution in [0.1, 0.15) is 0 Å². The van der Waals surface area contributed by atoms with Gasteiger partial charge in [0.1, 0.15) is 0 Å². The van der Waals surface area contributed by atoms with Crippen molar-refractivity contribution in [3.05, 3.63) is 0 Å². The van der Waals surface area contributed by atoms with Crippen LogP contribution in [0.3, 0.4) is 0 Å². The van der Waals surface area contributed by atoms with Crippen LogP contribution in [0.4, 0.5) is 0 Å². The van der Waals surface area contributed by atoms with Gasteiger partial charge in [-0.3, -0.25) is 0 Å². The Kier molecular flexibility index (Phi) is 142. The van der Waals surface area contributed by atoms with Crippen molar-refractivity contribution >= 4 is 19.8 Å². The zero-order valence-electron chi connectivity index (χ0n) is 1.36. The summed E-state index contributed by atoms with van der Waals surface area (Å²) in [6.45, 7) is 0. The second kappa shape index (κ2) is 17.9. The predicted molar refractivity (Wildman–Crippen MR) is 9.94 cm³/mol. The smallest absolute Gasteiger partial charge is 0 e. The van der Waals surface area contributed by atoms with E-state index in [9.17, 15) is 0 Å². The molecule has 0 aromatic rings. The third-order valence-electron chi connectivity index (χ3n) is 0. The fourth-order valence-corrected chi connectivity index (χ4v) is 0. The second-order valence-electron chi connectivity index (χ2n) is 0. The number of rotatable bonds is 0. The fraction of sp³-hybridized carbons (Fsp3) is 0. The van der Waals surface area contributed by atoms with E-state index in [-0.39, 0.29) is 77.4 Å². The molecule has 0 heterocycles. The van der Waals surface area contributed by atoms with E-state index in [4.69, 9.17) is 0 Å². The summed E-state index contributed by atoms with van der Waals surface area (Å²) in [5, 5.41) is 0. The molecule has 0 spiro atoms. The SMILES string of the molecule is [Cr].[GaH3].[Ti].[V]. The van der Waals surface area contributed by atoms with Gasteiger partial charge in [-0.1, -0.05) is 0 Å². The molecule has 0 atom stereocenters. The Morgan fingerprint density at radius 3 is 1.00 bits per heavy atom. The molecule has 0 saturated heterocycles. The van der Waals surface area contributed by atoms with E-state index >= 15 is 0 Å². The summed E-state index contributed by atoms with van der Waals surface area (Å²) < 4.78 is 0. The van der Waals surface area contributed by atoms with Gasteiger partial charge in [0.15, 0.2) is 0 Å². The van der Waals surface area contributed by atoms with Crippen molar-refractivity contribution in [1.29, 1.82) is 0 Å². The zero-order chi connectivity index (χ0) is 0. The molecule has 0 N–H and O–H groups in total. The molecule has 4 heavy (non-hydrogen) atoms. The molecule has 0 amide bonds. The molecular formula is H3CrGaTiV. The van der Waals surface area contributed by atoms with Gasteiger partial charge in [-0.15, -0.1) is 0 Å². The van der Waals surface area contributed by atoms with Gasteiger partial charge in [0.25, 0.3) is 0 Å². The predicted octanol–water partition coefficient (Wildman–Crippen LogP) is -1.19. The Hall–Kier alpha value is 2.47. The van der Waals surface area contributed by atoms with E-state index in [2.05, 4.69) is 0 Å². The van der Waals surface area contributed by atoms with Crippen LogP contribution in [0.15, 0.2) is 0 Å². The Morgan fingerprint density at radius 2 is 1.00 bits per heavy atom. The van der Waals surface area contributed by atoms with E-state index < -0.39 is 0 Å². The molecule has 0 fully saturated rings. The first-order chi connectivity index (χ1) is 0. The van der Waals surface area contributed by atoms with E-state index in [0.29, 0.717) is 0 Å². The average Bonchev–Trinajstić information content (AvgIpc) is 0. The molecule has 4 heteroatoms. The zero-order valence-corrected chi connectivity index (χ0v) is 5.59. The standard InChI is InChI=1S/Cr.Ga.Ti.V.3H. The van der Waals surface area contributed by atoms with Crippen LogP contribution in [0.5, 0.6) is 0 Å². The normalized spacial score (nSPS) is 0. The van der Waals surface area contributed by atoms with Gasteiger partial charge in [-0.2, -0.15) is 0 Å². The van der Waals surface area contributed by atoms with Crippen molar-refractivity contribution in [1.82, 2.24) is 0 Å². The molecule has 0 nitrogen and oxygen atoms in total. The molecule has 0 saturated carbocycles. The molecule has 0 aliphatic rings. The monoisotopic (exact) mass is 223 g/mol. The summed E-state index contributed by atoms with van der Waals surface area (Å²) in [5.74, 6) is 0. The Balaban J connectivity index is 0. The van der Waals surface area contributed by atoms with E-state index in [0.717, 1.165) is 0 Å². The molecular weight excluding hydrogens is 221 g/mol. The quantitative estimate of drug-likeness (QED) is 0.453. The van der Waals surface area contributed by atoms with Crippen LogP contribution in [-0.4, -0.2) is 19.8 Å². The minimum absolute atomic E-state index is 0. The van der Waals surface area contributed by atoms with Crippen molar-refractivity contribution in [2.75, 3.05) is 0 Å². The van der Waals surface area contributed by atoms with Crippen molar-refractivity contribution in [3.63, 3.8) is 0 Å². The van der Waals surface area contributed by atoms with Crippen molar-refractivity contribution in [3.8, 4) is 0 Å². The van der Waals surface area contributed by atoms with Crippen LogP contribution in [0.25, 0.3) is 0 Å². The van der Waals surface area contributed by atoms with Gasteiger partial charge in [0, 0.05) is 57.6 Å². The minimum Gasteiger partial charge on any atom is 0 e. The van der Waals surface area contributed by atoms with Gasteiger partial charge < -0.3 is 0 Å². The summed E-state index contributed by atoms with van der Waals surface area (Å²) in [7, 11) is 0. The van der Waals surface area contributed by atoms with Gasteiger partial charge in [-0.25, -0.2) is 0 Å². The number of hydrogen-bond donors (Lipinski definition) is 0. The maximum absolute atomic E-state index is 0. The summed E-state index contributed by atoms with van der Waals surface area (Å²) in [6, 6.07) is 0. The summed E-state index contributed by atoms with van der Waals surface area (Å²) in [4.78, 5) is 0. The minimum atomic E-state index is 0. The Labute approximate surface area is 76.4 Å². The third-order valence-corrected chi connectivity index (χ3v) is 0. The Bertz CT molecular complexity index is 8.00. The third kappa shape index (κ3) is 8.82. The van der Waals surface area contributed by atoms with Crippen molar-refractivity contribution in [2.45, 2.75) is 0 Å². The molecule has 21 valence electrons. The van der Waals surface area contributed by atoms with Gasteiger partial charge >= 0.3 is 19.8 Å². The topological polar surface area (TPSA) is 0 Å². The molecule has 0 bridgehead atoms.